The molecule has 0 saturated heterocycles. The van der Waals surface area contributed by atoms with E-state index in [1.807, 2.05) is 24.4 Å². The lowest BCUT2D eigenvalue weighted by Gasteiger charge is -2.01. The van der Waals surface area contributed by atoms with Gasteiger partial charge in [0.05, 0.1) is 0 Å². The topological polar surface area (TPSA) is 29.1 Å². The Morgan fingerprint density at radius 2 is 2.00 bits per heavy atom. The Morgan fingerprint density at radius 3 is 2.67 bits per heavy atom. The predicted octanol–water partition coefficient (Wildman–Crippen LogP) is 2.41. The Bertz CT molecular complexity index is 367. The van der Waals surface area contributed by atoms with Gasteiger partial charge in [0.15, 0.2) is 5.78 Å². The molecule has 1 fully saturated rings. The summed E-state index contributed by atoms with van der Waals surface area (Å²) in [4.78, 5) is 11.3. The maximum absolute atomic E-state index is 11.3. The van der Waals surface area contributed by atoms with E-state index in [0.29, 0.717) is 5.78 Å². The molecular weight excluding hydrogens is 186 g/mol. The van der Waals surface area contributed by atoms with E-state index >= 15 is 0 Å². The number of ketones is 1. The maximum Gasteiger partial charge on any atom is 0.160 e. The zero-order valence-corrected chi connectivity index (χ0v) is 8.70. The number of nitrogens with one attached hydrogen (secondary N) is 1. The highest BCUT2D eigenvalue weighted by molar-refractivity contribution is 5.97. The molecule has 0 atom stereocenters. The number of carbonyl (C=O) groups excluding carboxylic acids is 1. The Labute approximate surface area is 90.0 Å². The highest BCUT2D eigenvalue weighted by atomic mass is 16.1. The van der Waals surface area contributed by atoms with Crippen LogP contribution in [-0.4, -0.2) is 5.78 Å². The summed E-state index contributed by atoms with van der Waals surface area (Å²) < 4.78 is 0. The average Bonchev–Trinajstić information content (AvgIpc) is 2.66. The maximum atomic E-state index is 11.3. The van der Waals surface area contributed by atoms with E-state index in [2.05, 4.69) is 17.4 Å². The molecule has 2 rings (SSSR count). The van der Waals surface area contributed by atoms with E-state index in [1.54, 1.807) is 0 Å². The molecule has 1 aromatic rings. The fraction of sp³-hybridized carbons (Fsp3) is 0.308. The number of Topliss-reactive ketones (excluding diaryl/α,β-unsaturated/α-hetero) is 1. The Morgan fingerprint density at radius 1 is 1.20 bits per heavy atom. The van der Waals surface area contributed by atoms with E-state index in [0.717, 1.165) is 31.4 Å². The van der Waals surface area contributed by atoms with E-state index in [-0.39, 0.29) is 0 Å². The minimum absolute atomic E-state index is 0.301. The van der Waals surface area contributed by atoms with Crippen molar-refractivity contribution >= 4 is 5.78 Å². The molecule has 1 aliphatic rings. The van der Waals surface area contributed by atoms with Crippen LogP contribution in [-0.2, 0) is 11.3 Å². The molecule has 0 radical (unpaired) electrons. The van der Waals surface area contributed by atoms with Crippen LogP contribution in [0.2, 0.25) is 0 Å². The molecule has 0 unspecified atom stereocenters. The van der Waals surface area contributed by atoms with Crippen LogP contribution in [0.4, 0.5) is 0 Å². The molecule has 0 aromatic heterocycles. The number of carbonyl (C=O) groups is 1. The highest BCUT2D eigenvalue weighted by Gasteiger charge is 2.15. The first-order valence-corrected chi connectivity index (χ1v) is 5.36. The van der Waals surface area contributed by atoms with Crippen molar-refractivity contribution in [2.75, 3.05) is 0 Å². The number of benzene rings is 1. The molecule has 0 heterocycles. The molecule has 0 amide bonds. The van der Waals surface area contributed by atoms with Crippen LogP contribution in [0.5, 0.6) is 0 Å². The van der Waals surface area contributed by atoms with Gasteiger partial charge in [-0.25, -0.2) is 0 Å². The van der Waals surface area contributed by atoms with E-state index in [4.69, 9.17) is 0 Å². The second-order valence-electron chi connectivity index (χ2n) is 3.81. The van der Waals surface area contributed by atoms with Gasteiger partial charge in [-0.2, -0.15) is 0 Å². The van der Waals surface area contributed by atoms with Crippen molar-refractivity contribution in [1.29, 1.82) is 0 Å². The Kier molecular flexibility index (Phi) is 3.18. The molecule has 0 spiro atoms. The number of hydrogen-bond donors (Lipinski definition) is 1. The van der Waals surface area contributed by atoms with Crippen molar-refractivity contribution in [3.63, 3.8) is 0 Å². The molecule has 1 saturated carbocycles. The normalized spacial score (nSPS) is 18.4. The van der Waals surface area contributed by atoms with Gasteiger partial charge in [0.25, 0.3) is 0 Å². The standard InChI is InChI=1S/C13H15NO/c15-13-8-4-7-12(13)10-14-9-11-5-2-1-3-6-11/h1-3,5-6,10,14H,4,7-9H2. The summed E-state index contributed by atoms with van der Waals surface area (Å²) in [5.74, 6) is 0.301. The monoisotopic (exact) mass is 201 g/mol. The van der Waals surface area contributed by atoms with Gasteiger partial charge in [0.1, 0.15) is 0 Å². The molecule has 78 valence electrons. The summed E-state index contributed by atoms with van der Waals surface area (Å²) in [6.07, 6.45) is 4.54. The third-order valence-corrected chi connectivity index (χ3v) is 2.63. The molecule has 15 heavy (non-hydrogen) atoms. The van der Waals surface area contributed by atoms with E-state index in [9.17, 15) is 4.79 Å². The van der Waals surface area contributed by atoms with E-state index in [1.165, 1.54) is 5.56 Å². The minimum atomic E-state index is 0.301. The van der Waals surface area contributed by atoms with Crippen molar-refractivity contribution in [1.82, 2.24) is 5.32 Å². The van der Waals surface area contributed by atoms with E-state index < -0.39 is 0 Å². The van der Waals surface area contributed by atoms with Crippen LogP contribution in [0.1, 0.15) is 24.8 Å². The second kappa shape index (κ2) is 4.78. The molecule has 1 aliphatic carbocycles. The highest BCUT2D eigenvalue weighted by Crippen LogP contribution is 2.19. The summed E-state index contributed by atoms with van der Waals surface area (Å²) in [5.41, 5.74) is 2.19. The smallest absolute Gasteiger partial charge is 0.160 e. The molecule has 2 heteroatoms. The lowest BCUT2D eigenvalue weighted by Crippen LogP contribution is -2.07. The molecule has 0 aliphatic heterocycles. The van der Waals surface area contributed by atoms with Gasteiger partial charge in [0.2, 0.25) is 0 Å². The van der Waals surface area contributed by atoms with Crippen LogP contribution in [0.3, 0.4) is 0 Å². The summed E-state index contributed by atoms with van der Waals surface area (Å²) in [6, 6.07) is 10.2. The number of allylic oxidation sites excluding steroid dienone is 1. The summed E-state index contributed by atoms with van der Waals surface area (Å²) >= 11 is 0. The molecular formula is C13H15NO. The van der Waals surface area contributed by atoms with Crippen LogP contribution in [0, 0.1) is 0 Å². The van der Waals surface area contributed by atoms with Crippen LogP contribution in [0.25, 0.3) is 0 Å². The average molecular weight is 201 g/mol. The predicted molar refractivity (Wildman–Crippen MR) is 60.2 cm³/mol. The van der Waals surface area contributed by atoms with Crippen LogP contribution < -0.4 is 5.32 Å². The third kappa shape index (κ3) is 2.69. The first kappa shape index (κ1) is 9.97. The fourth-order valence-corrected chi connectivity index (χ4v) is 1.78. The van der Waals surface area contributed by atoms with Gasteiger partial charge in [-0.05, 0) is 18.4 Å². The Balaban J connectivity index is 1.87. The zero-order chi connectivity index (χ0) is 10.5. The fourth-order valence-electron chi connectivity index (χ4n) is 1.78. The van der Waals surface area contributed by atoms with Crippen molar-refractivity contribution in [2.45, 2.75) is 25.8 Å². The first-order valence-electron chi connectivity index (χ1n) is 5.36. The molecule has 2 nitrogen and oxygen atoms in total. The number of hydrogen-bond acceptors (Lipinski definition) is 2. The Hall–Kier alpha value is -1.57. The van der Waals surface area contributed by atoms with Crippen LogP contribution >= 0.6 is 0 Å². The van der Waals surface area contributed by atoms with Gasteiger partial charge in [0, 0.05) is 24.7 Å². The number of rotatable bonds is 3. The van der Waals surface area contributed by atoms with Gasteiger partial charge in [-0.1, -0.05) is 30.3 Å². The first-order chi connectivity index (χ1) is 7.36. The minimum Gasteiger partial charge on any atom is -0.386 e. The second-order valence-corrected chi connectivity index (χ2v) is 3.81. The van der Waals surface area contributed by atoms with Crippen molar-refractivity contribution in [2.24, 2.45) is 0 Å². The van der Waals surface area contributed by atoms with Gasteiger partial charge >= 0.3 is 0 Å². The molecule has 1 N–H and O–H groups in total. The quantitative estimate of drug-likeness (QED) is 0.761. The van der Waals surface area contributed by atoms with Crippen molar-refractivity contribution in [3.8, 4) is 0 Å². The lowest BCUT2D eigenvalue weighted by molar-refractivity contribution is -0.114. The third-order valence-electron chi connectivity index (χ3n) is 2.63. The SMILES string of the molecule is O=C1CCCC1=CNCc1ccccc1. The lowest BCUT2D eigenvalue weighted by atomic mass is 10.2. The summed E-state index contributed by atoms with van der Waals surface area (Å²) in [6.45, 7) is 0.789. The summed E-state index contributed by atoms with van der Waals surface area (Å²) in [7, 11) is 0. The van der Waals surface area contributed by atoms with Crippen molar-refractivity contribution in [3.05, 3.63) is 47.7 Å². The molecule has 1 aromatic carbocycles. The van der Waals surface area contributed by atoms with Crippen LogP contribution in [0.15, 0.2) is 42.1 Å². The summed E-state index contributed by atoms with van der Waals surface area (Å²) in [5, 5.41) is 3.19. The zero-order valence-electron chi connectivity index (χ0n) is 8.70. The van der Waals surface area contributed by atoms with Gasteiger partial charge < -0.3 is 5.32 Å². The van der Waals surface area contributed by atoms with Gasteiger partial charge in [-0.15, -0.1) is 0 Å². The largest absolute Gasteiger partial charge is 0.386 e. The van der Waals surface area contributed by atoms with Crippen molar-refractivity contribution < 1.29 is 4.79 Å². The molecule has 0 bridgehead atoms. The van der Waals surface area contributed by atoms with Gasteiger partial charge in [-0.3, -0.25) is 4.79 Å².